The Balaban J connectivity index is 1.91. The van der Waals surface area contributed by atoms with Gasteiger partial charge in [0.05, 0.1) is 20.3 Å². The average molecular weight is 284 g/mol. The largest absolute Gasteiger partial charge is 0.493 e. The third-order valence-electron chi connectivity index (χ3n) is 4.31. The van der Waals surface area contributed by atoms with Gasteiger partial charge in [-0.05, 0) is 41.7 Å². The summed E-state index contributed by atoms with van der Waals surface area (Å²) in [6, 6.07) is 14.0. The molecule has 1 N–H and O–H groups in total. The molecule has 110 valence electrons. The number of aliphatic hydroxyl groups excluding tert-OH is 1. The van der Waals surface area contributed by atoms with Crippen molar-refractivity contribution in [1.82, 2.24) is 0 Å². The van der Waals surface area contributed by atoms with E-state index in [1.54, 1.807) is 14.2 Å². The normalized spacial score (nSPS) is 18.1. The number of rotatable bonds is 4. The van der Waals surface area contributed by atoms with Crippen LogP contribution in [0, 0.1) is 0 Å². The molecule has 0 saturated heterocycles. The van der Waals surface area contributed by atoms with Crippen molar-refractivity contribution in [2.75, 3.05) is 14.2 Å². The highest BCUT2D eigenvalue weighted by atomic mass is 16.5. The van der Waals surface area contributed by atoms with E-state index in [-0.39, 0.29) is 5.92 Å². The summed E-state index contributed by atoms with van der Waals surface area (Å²) in [5, 5.41) is 10.8. The number of methoxy groups -OCH3 is 2. The molecule has 0 radical (unpaired) electrons. The van der Waals surface area contributed by atoms with Crippen LogP contribution in [0.15, 0.2) is 42.5 Å². The van der Waals surface area contributed by atoms with E-state index in [2.05, 4.69) is 18.2 Å². The summed E-state index contributed by atoms with van der Waals surface area (Å²) in [6.45, 7) is 0. The summed E-state index contributed by atoms with van der Waals surface area (Å²) in [7, 11) is 3.22. The standard InChI is InChI=1S/C18H20O3/c1-20-16-10-8-13(11-17(16)21-2)18(19)15-9-7-12-5-3-4-6-14(12)15/h3-6,8,10-11,15,18-19H,7,9H2,1-2H3. The van der Waals surface area contributed by atoms with Crippen LogP contribution in [0.1, 0.15) is 35.1 Å². The zero-order chi connectivity index (χ0) is 14.8. The molecule has 0 aliphatic heterocycles. The van der Waals surface area contributed by atoms with Gasteiger partial charge in [-0.3, -0.25) is 0 Å². The molecule has 3 heteroatoms. The molecule has 0 aromatic heterocycles. The molecule has 0 bridgehead atoms. The fourth-order valence-corrected chi connectivity index (χ4v) is 3.19. The van der Waals surface area contributed by atoms with Crippen LogP contribution in [0.4, 0.5) is 0 Å². The van der Waals surface area contributed by atoms with Gasteiger partial charge in [-0.15, -0.1) is 0 Å². The van der Waals surface area contributed by atoms with E-state index in [1.165, 1.54) is 11.1 Å². The van der Waals surface area contributed by atoms with Gasteiger partial charge in [0.15, 0.2) is 11.5 Å². The van der Waals surface area contributed by atoms with Crippen LogP contribution in [0.2, 0.25) is 0 Å². The van der Waals surface area contributed by atoms with E-state index < -0.39 is 6.10 Å². The number of hydrogen-bond acceptors (Lipinski definition) is 3. The second kappa shape index (κ2) is 5.78. The second-order valence-corrected chi connectivity index (χ2v) is 5.40. The third kappa shape index (κ3) is 2.49. The van der Waals surface area contributed by atoms with Gasteiger partial charge in [-0.1, -0.05) is 30.3 Å². The van der Waals surface area contributed by atoms with Crippen LogP contribution in [0.5, 0.6) is 11.5 Å². The maximum atomic E-state index is 10.8. The average Bonchev–Trinajstić information content (AvgIpc) is 2.97. The monoisotopic (exact) mass is 284 g/mol. The predicted molar refractivity (Wildman–Crippen MR) is 82.0 cm³/mol. The Kier molecular flexibility index (Phi) is 3.84. The predicted octanol–water partition coefficient (Wildman–Crippen LogP) is 3.47. The summed E-state index contributed by atoms with van der Waals surface area (Å²) in [5.41, 5.74) is 3.48. The Hall–Kier alpha value is -2.00. The quantitative estimate of drug-likeness (QED) is 0.934. The highest BCUT2D eigenvalue weighted by molar-refractivity contribution is 5.45. The van der Waals surface area contributed by atoms with Gasteiger partial charge in [-0.2, -0.15) is 0 Å². The first kappa shape index (κ1) is 14.0. The first-order chi connectivity index (χ1) is 10.2. The number of fused-ring (bicyclic) bond motifs is 1. The lowest BCUT2D eigenvalue weighted by Crippen LogP contribution is -2.08. The molecular formula is C18H20O3. The molecule has 1 aliphatic rings. The van der Waals surface area contributed by atoms with Crippen LogP contribution in [-0.4, -0.2) is 19.3 Å². The fourth-order valence-electron chi connectivity index (χ4n) is 3.19. The SMILES string of the molecule is COc1ccc(C(O)C2CCc3ccccc32)cc1OC. The van der Waals surface area contributed by atoms with E-state index in [9.17, 15) is 5.11 Å². The van der Waals surface area contributed by atoms with Gasteiger partial charge in [0.25, 0.3) is 0 Å². The van der Waals surface area contributed by atoms with Crippen molar-refractivity contribution in [3.05, 3.63) is 59.2 Å². The zero-order valence-corrected chi connectivity index (χ0v) is 12.4. The molecule has 0 amide bonds. The van der Waals surface area contributed by atoms with Crippen molar-refractivity contribution in [2.24, 2.45) is 0 Å². The smallest absolute Gasteiger partial charge is 0.161 e. The highest BCUT2D eigenvalue weighted by Gasteiger charge is 2.29. The number of aliphatic hydroxyl groups is 1. The molecule has 2 atom stereocenters. The number of aryl methyl sites for hydroxylation is 1. The van der Waals surface area contributed by atoms with Crippen molar-refractivity contribution in [1.29, 1.82) is 0 Å². The molecule has 21 heavy (non-hydrogen) atoms. The molecule has 2 aromatic rings. The first-order valence-electron chi connectivity index (χ1n) is 7.22. The molecule has 2 aromatic carbocycles. The Morgan fingerprint density at radius 1 is 1.05 bits per heavy atom. The lowest BCUT2D eigenvalue weighted by molar-refractivity contribution is 0.144. The second-order valence-electron chi connectivity index (χ2n) is 5.40. The minimum atomic E-state index is -0.520. The Morgan fingerprint density at radius 3 is 2.57 bits per heavy atom. The van der Waals surface area contributed by atoms with Crippen LogP contribution in [-0.2, 0) is 6.42 Å². The highest BCUT2D eigenvalue weighted by Crippen LogP contribution is 2.42. The maximum absolute atomic E-state index is 10.8. The molecule has 2 unspecified atom stereocenters. The minimum absolute atomic E-state index is 0.152. The number of hydrogen-bond donors (Lipinski definition) is 1. The summed E-state index contributed by atoms with van der Waals surface area (Å²) >= 11 is 0. The molecule has 0 fully saturated rings. The summed E-state index contributed by atoms with van der Waals surface area (Å²) in [5.74, 6) is 1.49. The van der Waals surface area contributed by atoms with Gasteiger partial charge < -0.3 is 14.6 Å². The molecule has 0 heterocycles. The van der Waals surface area contributed by atoms with E-state index in [1.807, 2.05) is 24.3 Å². The molecule has 1 aliphatic carbocycles. The van der Waals surface area contributed by atoms with E-state index in [0.717, 1.165) is 18.4 Å². The summed E-state index contributed by atoms with van der Waals surface area (Å²) in [4.78, 5) is 0. The van der Waals surface area contributed by atoms with Crippen LogP contribution in [0.3, 0.4) is 0 Å². The van der Waals surface area contributed by atoms with Crippen LogP contribution >= 0.6 is 0 Å². The summed E-state index contributed by atoms with van der Waals surface area (Å²) in [6.07, 6.45) is 1.49. The van der Waals surface area contributed by atoms with Crippen molar-refractivity contribution >= 4 is 0 Å². The number of ether oxygens (including phenoxy) is 2. The van der Waals surface area contributed by atoms with E-state index in [0.29, 0.717) is 11.5 Å². The molecule has 0 saturated carbocycles. The van der Waals surface area contributed by atoms with Gasteiger partial charge >= 0.3 is 0 Å². The fraction of sp³-hybridized carbons (Fsp3) is 0.333. The molecule has 3 rings (SSSR count). The van der Waals surface area contributed by atoms with E-state index >= 15 is 0 Å². The summed E-state index contributed by atoms with van der Waals surface area (Å²) < 4.78 is 10.6. The maximum Gasteiger partial charge on any atom is 0.161 e. The van der Waals surface area contributed by atoms with Crippen molar-refractivity contribution in [2.45, 2.75) is 24.9 Å². The van der Waals surface area contributed by atoms with Crippen molar-refractivity contribution < 1.29 is 14.6 Å². The van der Waals surface area contributed by atoms with Crippen LogP contribution in [0.25, 0.3) is 0 Å². The zero-order valence-electron chi connectivity index (χ0n) is 12.4. The van der Waals surface area contributed by atoms with Crippen LogP contribution < -0.4 is 9.47 Å². The Labute approximate surface area is 125 Å². The Morgan fingerprint density at radius 2 is 1.81 bits per heavy atom. The molecular weight excluding hydrogens is 264 g/mol. The minimum Gasteiger partial charge on any atom is -0.493 e. The third-order valence-corrected chi connectivity index (χ3v) is 4.31. The molecule has 0 spiro atoms. The lowest BCUT2D eigenvalue weighted by Gasteiger charge is -2.20. The molecule has 3 nitrogen and oxygen atoms in total. The van der Waals surface area contributed by atoms with Gasteiger partial charge in [0.1, 0.15) is 0 Å². The lowest BCUT2D eigenvalue weighted by atomic mass is 9.90. The van der Waals surface area contributed by atoms with Gasteiger partial charge in [0.2, 0.25) is 0 Å². The Bertz CT molecular complexity index is 636. The number of benzene rings is 2. The first-order valence-corrected chi connectivity index (χ1v) is 7.22. The van der Waals surface area contributed by atoms with Crippen molar-refractivity contribution in [3.63, 3.8) is 0 Å². The van der Waals surface area contributed by atoms with Gasteiger partial charge in [-0.25, -0.2) is 0 Å². The van der Waals surface area contributed by atoms with Crippen molar-refractivity contribution in [3.8, 4) is 11.5 Å². The topological polar surface area (TPSA) is 38.7 Å². The van der Waals surface area contributed by atoms with Gasteiger partial charge in [0, 0.05) is 5.92 Å². The van der Waals surface area contributed by atoms with E-state index in [4.69, 9.17) is 9.47 Å².